The summed E-state index contributed by atoms with van der Waals surface area (Å²) in [5.41, 5.74) is 1.32. The first kappa shape index (κ1) is 29.0. The number of fused-ring (bicyclic) bond motifs is 1. The van der Waals surface area contributed by atoms with Crippen molar-refractivity contribution in [3.8, 4) is 0 Å². The van der Waals surface area contributed by atoms with E-state index in [1.165, 1.54) is 4.90 Å². The van der Waals surface area contributed by atoms with Crippen molar-refractivity contribution >= 4 is 23.5 Å². The number of benzene rings is 2. The summed E-state index contributed by atoms with van der Waals surface area (Å²) < 4.78 is 84.0. The van der Waals surface area contributed by atoms with E-state index in [9.17, 15) is 46.2 Å². The van der Waals surface area contributed by atoms with Gasteiger partial charge in [-0.05, 0) is 54.7 Å². The van der Waals surface area contributed by atoms with Crippen LogP contribution in [0.25, 0.3) is 0 Å². The minimum absolute atomic E-state index is 0.0705. The molecule has 40 heavy (non-hydrogen) atoms. The van der Waals surface area contributed by atoms with Crippen molar-refractivity contribution in [3.63, 3.8) is 0 Å². The fourth-order valence-corrected chi connectivity index (χ4v) is 4.88. The number of likely N-dealkylation sites (tertiary alicyclic amines) is 1. The molecule has 0 bridgehead atoms. The number of carbonyl (C=O) groups is 2. The summed E-state index contributed by atoms with van der Waals surface area (Å²) in [6, 6.07) is 8.12. The number of aliphatic carboxylic acids is 1. The third kappa shape index (κ3) is 6.77. The van der Waals surface area contributed by atoms with E-state index >= 15 is 0 Å². The van der Waals surface area contributed by atoms with Gasteiger partial charge in [-0.25, -0.2) is 9.59 Å². The van der Waals surface area contributed by atoms with Gasteiger partial charge in [0, 0.05) is 31.8 Å². The Morgan fingerprint density at radius 2 is 1.62 bits per heavy atom. The zero-order chi connectivity index (χ0) is 29.2. The zero-order valence-electron chi connectivity index (χ0n) is 20.9. The van der Waals surface area contributed by atoms with E-state index in [0.29, 0.717) is 49.2 Å². The third-order valence-corrected chi connectivity index (χ3v) is 6.96. The average Bonchev–Trinajstić information content (AvgIpc) is 3.05. The Kier molecular flexibility index (Phi) is 8.17. The molecule has 1 atom stereocenters. The number of anilines is 1. The highest BCUT2D eigenvalue weighted by Crippen LogP contribution is 2.36. The van der Waals surface area contributed by atoms with Gasteiger partial charge in [0.1, 0.15) is 5.69 Å². The lowest BCUT2D eigenvalue weighted by Crippen LogP contribution is -2.44. The molecular weight excluding hydrogens is 548 g/mol. The molecule has 2 aliphatic rings. The van der Waals surface area contributed by atoms with Crippen molar-refractivity contribution in [2.75, 3.05) is 18.5 Å². The number of nitrogens with zero attached hydrogens (tertiary/aromatic N) is 2. The summed E-state index contributed by atoms with van der Waals surface area (Å²) in [6.45, 7) is 0.226. The number of para-hydroxylation sites is 1. The van der Waals surface area contributed by atoms with Gasteiger partial charge in [-0.15, -0.1) is 0 Å². The lowest BCUT2D eigenvalue weighted by molar-refractivity contribution is -0.426. The molecule has 2 heterocycles. The highest BCUT2D eigenvalue weighted by Gasteiger charge is 2.38. The van der Waals surface area contributed by atoms with Crippen LogP contribution in [0.3, 0.4) is 0 Å². The van der Waals surface area contributed by atoms with Crippen molar-refractivity contribution in [2.45, 2.75) is 50.6 Å². The van der Waals surface area contributed by atoms with Crippen LogP contribution >= 0.6 is 0 Å². The number of carbonyl (C=O) groups excluding carboxylic acids is 1. The predicted octanol–water partition coefficient (Wildman–Crippen LogP) is 5.49. The Balaban J connectivity index is 1.41. The second-order valence-electron chi connectivity index (χ2n) is 9.64. The van der Waals surface area contributed by atoms with Crippen LogP contribution in [-0.4, -0.2) is 51.8 Å². The number of carboxylic acids is 1. The number of halogens is 6. The van der Waals surface area contributed by atoms with Gasteiger partial charge in [-0.1, -0.05) is 23.0 Å². The van der Waals surface area contributed by atoms with Crippen molar-refractivity contribution in [1.82, 2.24) is 4.90 Å². The molecule has 216 valence electrons. The zero-order valence-corrected chi connectivity index (χ0v) is 20.9. The van der Waals surface area contributed by atoms with Gasteiger partial charge in [0.25, 0.3) is 0 Å². The molecule has 2 aromatic rings. The maximum atomic E-state index is 13.2. The Bertz CT molecular complexity index is 1270. The van der Waals surface area contributed by atoms with E-state index in [1.807, 2.05) is 12.1 Å². The molecule has 1 amide bonds. The first-order chi connectivity index (χ1) is 18.7. The minimum Gasteiger partial charge on any atom is -0.596 e. The number of piperidine rings is 1. The molecule has 0 radical (unpaired) electrons. The fraction of sp³-hybridized carbons (Fsp3) is 0.423. The van der Waals surface area contributed by atoms with Crippen LogP contribution in [0.1, 0.15) is 41.5 Å². The van der Waals surface area contributed by atoms with Crippen LogP contribution in [0.2, 0.25) is 0 Å². The van der Waals surface area contributed by atoms with E-state index in [0.717, 1.165) is 10.4 Å². The fourth-order valence-electron chi connectivity index (χ4n) is 4.88. The smallest absolute Gasteiger partial charge is 0.416 e. The normalized spacial score (nSPS) is 17.5. The second-order valence-corrected chi connectivity index (χ2v) is 9.64. The van der Waals surface area contributed by atoms with E-state index in [4.69, 9.17) is 4.74 Å². The number of aryl methyl sites for hydroxylation is 1. The molecule has 0 saturated carbocycles. The highest BCUT2D eigenvalue weighted by molar-refractivity contribution is 5.84. The molecule has 1 fully saturated rings. The molecule has 0 aliphatic carbocycles. The molecule has 0 aromatic heterocycles. The van der Waals surface area contributed by atoms with Gasteiger partial charge >= 0.3 is 24.4 Å². The lowest BCUT2D eigenvalue weighted by Gasteiger charge is -2.31. The number of nitrogens with one attached hydrogen (secondary N) is 1. The number of alkyl halides is 6. The lowest BCUT2D eigenvalue weighted by atomic mass is 9.89. The quantitative estimate of drug-likeness (QED) is 0.279. The van der Waals surface area contributed by atoms with Gasteiger partial charge in [0.15, 0.2) is 5.71 Å². The molecule has 2 N–H and O–H groups in total. The molecular formula is C26H25F6N3O5. The third-order valence-electron chi connectivity index (χ3n) is 6.96. The molecule has 14 heteroatoms. The summed E-state index contributed by atoms with van der Waals surface area (Å²) in [7, 11) is 0. The second kappa shape index (κ2) is 11.3. The van der Waals surface area contributed by atoms with Crippen LogP contribution in [0.4, 0.5) is 36.8 Å². The van der Waals surface area contributed by atoms with E-state index in [-0.39, 0.29) is 25.1 Å². The molecule has 8 nitrogen and oxygen atoms in total. The predicted molar refractivity (Wildman–Crippen MR) is 129 cm³/mol. The standard InChI is InChI=1S/C26H25F6N3O5/c27-25(28,29)18-11-15(12-19(14-18)26(30,31)32)13-22(23(36)37)40-24(38)34-9-7-17(8-10-34)21-6-5-16-3-1-2-4-20(16)33-35(21)39/h1-4,11-12,14,17,22,33H,5-10,13H2,(H,36,37). The first-order valence-electron chi connectivity index (χ1n) is 12.4. The van der Waals surface area contributed by atoms with E-state index in [2.05, 4.69) is 5.43 Å². The Morgan fingerprint density at radius 1 is 1.02 bits per heavy atom. The van der Waals surface area contributed by atoms with Gasteiger partial charge < -0.3 is 20.0 Å². The molecule has 0 spiro atoms. The van der Waals surface area contributed by atoms with E-state index in [1.54, 1.807) is 12.1 Å². The number of carboxylic acid groups (broad SMARTS) is 1. The number of hydrazone groups is 1. The van der Waals surface area contributed by atoms with Crippen LogP contribution in [-0.2, 0) is 34.7 Å². The van der Waals surface area contributed by atoms with Crippen molar-refractivity contribution in [1.29, 1.82) is 0 Å². The first-order valence-corrected chi connectivity index (χ1v) is 12.4. The van der Waals surface area contributed by atoms with Crippen LogP contribution < -0.4 is 5.43 Å². The molecule has 2 aliphatic heterocycles. The van der Waals surface area contributed by atoms with Crippen LogP contribution in [0.5, 0.6) is 0 Å². The number of rotatable bonds is 5. The van der Waals surface area contributed by atoms with Gasteiger partial charge in [0.2, 0.25) is 6.10 Å². The summed E-state index contributed by atoms with van der Waals surface area (Å²) >= 11 is 0. The van der Waals surface area contributed by atoms with Crippen molar-refractivity contribution in [2.24, 2.45) is 5.92 Å². The van der Waals surface area contributed by atoms with Crippen LogP contribution in [0, 0.1) is 11.1 Å². The Morgan fingerprint density at radius 3 is 2.20 bits per heavy atom. The molecule has 1 unspecified atom stereocenters. The van der Waals surface area contributed by atoms with Crippen molar-refractivity contribution < 1.29 is 50.6 Å². The van der Waals surface area contributed by atoms with Gasteiger partial charge in [0.05, 0.1) is 11.1 Å². The molecule has 4 rings (SSSR count). The summed E-state index contributed by atoms with van der Waals surface area (Å²) in [6.07, 6.45) is -12.3. The van der Waals surface area contributed by atoms with Gasteiger partial charge in [-0.3, -0.25) is 0 Å². The highest BCUT2D eigenvalue weighted by atomic mass is 19.4. The van der Waals surface area contributed by atoms with Crippen molar-refractivity contribution in [3.05, 3.63) is 69.9 Å². The summed E-state index contributed by atoms with van der Waals surface area (Å²) in [4.78, 5) is 26.3. The topological polar surface area (TPSA) is 105 Å². The number of amides is 1. The maximum absolute atomic E-state index is 13.2. The maximum Gasteiger partial charge on any atom is 0.416 e. The SMILES string of the molecule is O=C(O)C(Cc1cc(C(F)(F)F)cc(C(F)(F)F)c1)OC(=O)N1CCC(C2=[N+]([O-])Nc3ccccc3CC2)CC1. The molecule has 2 aromatic carbocycles. The Hall–Kier alpha value is -3.97. The van der Waals surface area contributed by atoms with Crippen LogP contribution in [0.15, 0.2) is 42.5 Å². The number of hydrazine groups is 1. The monoisotopic (exact) mass is 573 g/mol. The number of hydrogen-bond donors (Lipinski definition) is 2. The van der Waals surface area contributed by atoms with E-state index < -0.39 is 53.6 Å². The summed E-state index contributed by atoms with van der Waals surface area (Å²) in [5, 5.41) is 22.2. The molecule has 1 saturated heterocycles. The van der Waals surface area contributed by atoms with Gasteiger partial charge in [-0.2, -0.15) is 31.8 Å². The number of ether oxygens (including phenoxy) is 1. The minimum atomic E-state index is -5.11. The largest absolute Gasteiger partial charge is 0.596 e. The summed E-state index contributed by atoms with van der Waals surface area (Å²) in [5.74, 6) is -1.89. The number of hydrogen-bond acceptors (Lipinski definition) is 5. The average molecular weight is 573 g/mol. The Labute approximate surface area is 224 Å².